The summed E-state index contributed by atoms with van der Waals surface area (Å²) in [5.41, 5.74) is 2.60. The number of benzene rings is 2. The lowest BCUT2D eigenvalue weighted by molar-refractivity contribution is 0.304. The molecule has 0 aliphatic carbocycles. The molecule has 0 heterocycles. The monoisotopic (exact) mass is 283 g/mol. The number of rotatable bonds is 9. The van der Waals surface area contributed by atoms with E-state index in [4.69, 9.17) is 4.74 Å². The molecule has 1 N–H and O–H groups in total. The van der Waals surface area contributed by atoms with E-state index in [0.717, 1.165) is 44.7 Å². The van der Waals surface area contributed by atoms with Gasteiger partial charge in [-0.05, 0) is 56.5 Å². The van der Waals surface area contributed by atoms with Crippen LogP contribution in [0.15, 0.2) is 54.6 Å². The second-order valence-corrected chi connectivity index (χ2v) is 5.31. The Labute approximate surface area is 128 Å². The van der Waals surface area contributed by atoms with Crippen molar-refractivity contribution in [2.45, 2.75) is 26.2 Å². The van der Waals surface area contributed by atoms with Crippen molar-refractivity contribution in [1.82, 2.24) is 5.32 Å². The van der Waals surface area contributed by atoms with Gasteiger partial charge in [0, 0.05) is 0 Å². The van der Waals surface area contributed by atoms with Gasteiger partial charge < -0.3 is 10.1 Å². The third-order valence-electron chi connectivity index (χ3n) is 3.53. The molecule has 0 bridgehead atoms. The largest absolute Gasteiger partial charge is 0.493 e. The molecule has 0 spiro atoms. The quantitative estimate of drug-likeness (QED) is 0.703. The van der Waals surface area contributed by atoms with Crippen LogP contribution in [0.1, 0.15) is 24.0 Å². The van der Waals surface area contributed by atoms with Gasteiger partial charge in [-0.15, -0.1) is 0 Å². The molecule has 2 nitrogen and oxygen atoms in total. The molecule has 2 heteroatoms. The van der Waals surface area contributed by atoms with Crippen LogP contribution in [0.2, 0.25) is 0 Å². The van der Waals surface area contributed by atoms with E-state index >= 15 is 0 Å². The van der Waals surface area contributed by atoms with Crippen LogP contribution in [0.5, 0.6) is 5.75 Å². The van der Waals surface area contributed by atoms with E-state index in [9.17, 15) is 0 Å². The molecule has 112 valence electrons. The Balaban J connectivity index is 1.48. The molecule has 0 amide bonds. The van der Waals surface area contributed by atoms with E-state index in [1.807, 2.05) is 18.2 Å². The first-order valence-electron chi connectivity index (χ1n) is 7.79. The van der Waals surface area contributed by atoms with E-state index < -0.39 is 0 Å². The predicted molar refractivity (Wildman–Crippen MR) is 88.9 cm³/mol. The molecule has 0 aliphatic heterocycles. The van der Waals surface area contributed by atoms with Gasteiger partial charge >= 0.3 is 0 Å². The summed E-state index contributed by atoms with van der Waals surface area (Å²) in [4.78, 5) is 0. The van der Waals surface area contributed by atoms with E-state index in [2.05, 4.69) is 48.6 Å². The van der Waals surface area contributed by atoms with Gasteiger partial charge in [0.15, 0.2) is 0 Å². The minimum absolute atomic E-state index is 0.797. The van der Waals surface area contributed by atoms with Gasteiger partial charge in [-0.1, -0.05) is 48.5 Å². The summed E-state index contributed by atoms with van der Waals surface area (Å²) in [7, 11) is 0. The standard InChI is InChI=1S/C19H25NO/c1-17-9-5-6-12-19(17)21-16-8-7-14-20-15-13-18-10-3-2-4-11-18/h2-6,9-12,20H,7-8,13-16H2,1H3. The van der Waals surface area contributed by atoms with Crippen molar-refractivity contribution in [3.8, 4) is 5.75 Å². The van der Waals surface area contributed by atoms with Crippen LogP contribution < -0.4 is 10.1 Å². The van der Waals surface area contributed by atoms with Gasteiger partial charge in [-0.25, -0.2) is 0 Å². The SMILES string of the molecule is Cc1ccccc1OCCCCNCCc1ccccc1. The molecular formula is C19H25NO. The highest BCUT2D eigenvalue weighted by Crippen LogP contribution is 2.16. The Morgan fingerprint density at radius 2 is 1.62 bits per heavy atom. The lowest BCUT2D eigenvalue weighted by Crippen LogP contribution is -2.19. The van der Waals surface area contributed by atoms with Crippen LogP contribution in [0.3, 0.4) is 0 Å². The van der Waals surface area contributed by atoms with Crippen LogP contribution in [-0.4, -0.2) is 19.7 Å². The van der Waals surface area contributed by atoms with Gasteiger partial charge in [-0.3, -0.25) is 0 Å². The fourth-order valence-corrected chi connectivity index (χ4v) is 2.25. The van der Waals surface area contributed by atoms with E-state index in [1.165, 1.54) is 11.1 Å². The highest BCUT2D eigenvalue weighted by atomic mass is 16.5. The fourth-order valence-electron chi connectivity index (χ4n) is 2.25. The number of unbranched alkanes of at least 4 members (excludes halogenated alkanes) is 1. The first kappa shape index (κ1) is 15.6. The maximum Gasteiger partial charge on any atom is 0.122 e. The zero-order valence-electron chi connectivity index (χ0n) is 12.8. The van der Waals surface area contributed by atoms with Crippen molar-refractivity contribution in [3.63, 3.8) is 0 Å². The van der Waals surface area contributed by atoms with Crippen molar-refractivity contribution in [1.29, 1.82) is 0 Å². The molecule has 2 aromatic carbocycles. The Morgan fingerprint density at radius 3 is 2.43 bits per heavy atom. The summed E-state index contributed by atoms with van der Waals surface area (Å²) in [6.45, 7) is 4.98. The molecule has 21 heavy (non-hydrogen) atoms. The maximum absolute atomic E-state index is 5.78. The molecule has 2 aromatic rings. The van der Waals surface area contributed by atoms with E-state index in [1.54, 1.807) is 0 Å². The van der Waals surface area contributed by atoms with Gasteiger partial charge in [0.1, 0.15) is 5.75 Å². The Bertz CT molecular complexity index is 510. The molecule has 0 unspecified atom stereocenters. The molecule has 0 saturated heterocycles. The number of hydrogen-bond acceptors (Lipinski definition) is 2. The highest BCUT2D eigenvalue weighted by Gasteiger charge is 1.97. The fraction of sp³-hybridized carbons (Fsp3) is 0.368. The molecule has 2 rings (SSSR count). The summed E-state index contributed by atoms with van der Waals surface area (Å²) in [6, 6.07) is 18.8. The Hall–Kier alpha value is -1.80. The molecule has 0 fully saturated rings. The summed E-state index contributed by atoms with van der Waals surface area (Å²) in [6.07, 6.45) is 3.34. The summed E-state index contributed by atoms with van der Waals surface area (Å²) in [5.74, 6) is 1.01. The predicted octanol–water partition coefficient (Wildman–Crippen LogP) is 3.99. The van der Waals surface area contributed by atoms with Gasteiger partial charge in [0.2, 0.25) is 0 Å². The van der Waals surface area contributed by atoms with Crippen LogP contribution in [-0.2, 0) is 6.42 Å². The third kappa shape index (κ3) is 6.01. The van der Waals surface area contributed by atoms with E-state index in [-0.39, 0.29) is 0 Å². The highest BCUT2D eigenvalue weighted by molar-refractivity contribution is 5.31. The van der Waals surface area contributed by atoms with Crippen molar-refractivity contribution in [3.05, 3.63) is 65.7 Å². The first-order chi connectivity index (χ1) is 10.4. The number of nitrogens with one attached hydrogen (secondary N) is 1. The van der Waals surface area contributed by atoms with Crippen molar-refractivity contribution in [2.24, 2.45) is 0 Å². The molecule has 0 saturated carbocycles. The molecule has 0 aliphatic rings. The van der Waals surface area contributed by atoms with Gasteiger partial charge in [0.25, 0.3) is 0 Å². The second-order valence-electron chi connectivity index (χ2n) is 5.31. The number of hydrogen-bond donors (Lipinski definition) is 1. The number of para-hydroxylation sites is 1. The molecule has 0 aromatic heterocycles. The lowest BCUT2D eigenvalue weighted by Gasteiger charge is -2.09. The number of aryl methyl sites for hydroxylation is 1. The smallest absolute Gasteiger partial charge is 0.122 e. The zero-order valence-corrected chi connectivity index (χ0v) is 12.8. The number of ether oxygens (including phenoxy) is 1. The zero-order chi connectivity index (χ0) is 14.8. The van der Waals surface area contributed by atoms with Crippen molar-refractivity contribution >= 4 is 0 Å². The van der Waals surface area contributed by atoms with Crippen molar-refractivity contribution < 1.29 is 4.74 Å². The van der Waals surface area contributed by atoms with Gasteiger partial charge in [0.05, 0.1) is 6.61 Å². The molecular weight excluding hydrogens is 258 g/mol. The Kier molecular flexibility index (Phi) is 6.82. The van der Waals surface area contributed by atoms with Gasteiger partial charge in [-0.2, -0.15) is 0 Å². The molecule has 0 atom stereocenters. The first-order valence-corrected chi connectivity index (χ1v) is 7.79. The van der Waals surface area contributed by atoms with Crippen LogP contribution >= 0.6 is 0 Å². The minimum Gasteiger partial charge on any atom is -0.493 e. The topological polar surface area (TPSA) is 21.3 Å². The van der Waals surface area contributed by atoms with Crippen LogP contribution in [0, 0.1) is 6.92 Å². The average molecular weight is 283 g/mol. The molecule has 0 radical (unpaired) electrons. The lowest BCUT2D eigenvalue weighted by atomic mass is 10.1. The maximum atomic E-state index is 5.78. The van der Waals surface area contributed by atoms with Crippen LogP contribution in [0.4, 0.5) is 0 Å². The minimum atomic E-state index is 0.797. The summed E-state index contributed by atoms with van der Waals surface area (Å²) < 4.78 is 5.78. The third-order valence-corrected chi connectivity index (χ3v) is 3.53. The average Bonchev–Trinajstić information content (AvgIpc) is 2.52. The summed E-state index contributed by atoms with van der Waals surface area (Å²) >= 11 is 0. The summed E-state index contributed by atoms with van der Waals surface area (Å²) in [5, 5.41) is 3.49. The van der Waals surface area contributed by atoms with Crippen molar-refractivity contribution in [2.75, 3.05) is 19.7 Å². The second kappa shape index (κ2) is 9.19. The van der Waals surface area contributed by atoms with Crippen LogP contribution in [0.25, 0.3) is 0 Å². The Morgan fingerprint density at radius 1 is 0.857 bits per heavy atom. The van der Waals surface area contributed by atoms with E-state index in [0.29, 0.717) is 0 Å². The normalized spacial score (nSPS) is 10.5.